The molecule has 0 spiro atoms. The van der Waals surface area contributed by atoms with Crippen molar-refractivity contribution in [3.63, 3.8) is 0 Å². The van der Waals surface area contributed by atoms with Crippen LogP contribution in [0.5, 0.6) is 0 Å². The lowest BCUT2D eigenvalue weighted by Gasteiger charge is -2.36. The predicted octanol–water partition coefficient (Wildman–Crippen LogP) is 0.730. The molecule has 0 unspecified atom stereocenters. The average Bonchev–Trinajstić information content (AvgIpc) is 3.36. The standard InChI is InChI=1S/C16H22N6O2S/c23-25(24,21-7-3-4-8-21)22-11-9-20(10-12-22)16-13-15(17-14-18-16)19-5-1-2-6-19/h1-2,5-6,13-14H,3-4,7-12H2. The smallest absolute Gasteiger partial charge is 0.282 e. The number of nitrogens with zero attached hydrogens (tertiary/aromatic N) is 6. The van der Waals surface area contributed by atoms with Crippen molar-refractivity contribution < 1.29 is 8.42 Å². The molecule has 0 radical (unpaired) electrons. The van der Waals surface area contributed by atoms with Crippen LogP contribution in [0.1, 0.15) is 12.8 Å². The van der Waals surface area contributed by atoms with Crippen molar-refractivity contribution in [2.45, 2.75) is 12.8 Å². The molecular weight excluding hydrogens is 340 g/mol. The molecule has 9 heteroatoms. The van der Waals surface area contributed by atoms with Crippen molar-refractivity contribution >= 4 is 16.0 Å². The third-order valence-electron chi connectivity index (χ3n) is 4.79. The summed E-state index contributed by atoms with van der Waals surface area (Å²) in [7, 11) is -3.31. The van der Waals surface area contributed by atoms with E-state index in [1.807, 2.05) is 35.2 Å². The predicted molar refractivity (Wildman–Crippen MR) is 94.9 cm³/mol. The Morgan fingerprint density at radius 2 is 1.40 bits per heavy atom. The van der Waals surface area contributed by atoms with Gasteiger partial charge < -0.3 is 9.47 Å². The van der Waals surface area contributed by atoms with Gasteiger partial charge in [0.1, 0.15) is 18.0 Å². The molecule has 0 N–H and O–H groups in total. The van der Waals surface area contributed by atoms with E-state index < -0.39 is 10.2 Å². The average molecular weight is 362 g/mol. The summed E-state index contributed by atoms with van der Waals surface area (Å²) in [5, 5.41) is 0. The lowest BCUT2D eigenvalue weighted by atomic mass is 10.3. The summed E-state index contributed by atoms with van der Waals surface area (Å²) in [6, 6.07) is 5.83. The summed E-state index contributed by atoms with van der Waals surface area (Å²) in [4.78, 5) is 10.8. The van der Waals surface area contributed by atoms with Crippen LogP contribution >= 0.6 is 0 Å². The first kappa shape index (κ1) is 16.5. The normalized spacial score (nSPS) is 20.2. The van der Waals surface area contributed by atoms with Crippen LogP contribution in [0.25, 0.3) is 5.82 Å². The van der Waals surface area contributed by atoms with E-state index >= 15 is 0 Å². The van der Waals surface area contributed by atoms with Gasteiger partial charge in [0, 0.05) is 57.7 Å². The minimum Gasteiger partial charge on any atom is -0.354 e. The zero-order chi connectivity index (χ0) is 17.3. The molecule has 0 bridgehead atoms. The van der Waals surface area contributed by atoms with Gasteiger partial charge in [-0.15, -0.1) is 0 Å². The summed E-state index contributed by atoms with van der Waals surface area (Å²) < 4.78 is 30.4. The molecule has 134 valence electrons. The highest BCUT2D eigenvalue weighted by Gasteiger charge is 2.33. The van der Waals surface area contributed by atoms with Gasteiger partial charge in [-0.3, -0.25) is 0 Å². The van der Waals surface area contributed by atoms with Crippen molar-refractivity contribution in [1.82, 2.24) is 23.1 Å². The first-order valence-corrected chi connectivity index (χ1v) is 10.00. The summed E-state index contributed by atoms with van der Waals surface area (Å²) in [6.07, 6.45) is 7.35. The molecule has 2 aromatic rings. The number of rotatable bonds is 4. The Bertz CT molecular complexity index is 809. The van der Waals surface area contributed by atoms with E-state index in [1.165, 1.54) is 0 Å². The number of anilines is 1. The van der Waals surface area contributed by atoms with Gasteiger partial charge in [0.25, 0.3) is 10.2 Å². The molecular formula is C16H22N6O2S. The Hall–Kier alpha value is -1.97. The first-order chi connectivity index (χ1) is 12.1. The van der Waals surface area contributed by atoms with Gasteiger partial charge in [0.2, 0.25) is 0 Å². The Labute approximate surface area is 147 Å². The monoisotopic (exact) mass is 362 g/mol. The number of hydrogen-bond acceptors (Lipinski definition) is 5. The van der Waals surface area contributed by atoms with Crippen LogP contribution in [0.4, 0.5) is 5.82 Å². The molecule has 0 aromatic carbocycles. The molecule has 0 atom stereocenters. The second kappa shape index (κ2) is 6.74. The van der Waals surface area contributed by atoms with Gasteiger partial charge in [-0.25, -0.2) is 9.97 Å². The Morgan fingerprint density at radius 1 is 0.800 bits per heavy atom. The van der Waals surface area contributed by atoms with E-state index in [1.54, 1.807) is 14.9 Å². The van der Waals surface area contributed by atoms with Crippen molar-refractivity contribution in [2.75, 3.05) is 44.2 Å². The Balaban J connectivity index is 1.44. The Kier molecular flexibility index (Phi) is 4.45. The minimum absolute atomic E-state index is 0.488. The maximum atomic E-state index is 12.6. The van der Waals surface area contributed by atoms with E-state index in [9.17, 15) is 8.42 Å². The Morgan fingerprint density at radius 3 is 2.08 bits per heavy atom. The van der Waals surface area contributed by atoms with Crippen molar-refractivity contribution in [3.05, 3.63) is 36.9 Å². The van der Waals surface area contributed by atoms with Crippen LogP contribution in [0, 0.1) is 0 Å². The molecule has 25 heavy (non-hydrogen) atoms. The number of piperazine rings is 1. The van der Waals surface area contributed by atoms with Gasteiger partial charge in [0.05, 0.1) is 0 Å². The SMILES string of the molecule is O=S(=O)(N1CCCC1)N1CCN(c2cc(-n3cccc3)ncn2)CC1. The van der Waals surface area contributed by atoms with Crippen LogP contribution < -0.4 is 4.90 Å². The van der Waals surface area contributed by atoms with E-state index in [-0.39, 0.29) is 0 Å². The third kappa shape index (κ3) is 3.26. The molecule has 2 aliphatic rings. The van der Waals surface area contributed by atoms with Crippen molar-refractivity contribution in [1.29, 1.82) is 0 Å². The molecule has 0 amide bonds. The van der Waals surface area contributed by atoms with E-state index in [4.69, 9.17) is 0 Å². The van der Waals surface area contributed by atoms with Gasteiger partial charge in [-0.1, -0.05) is 0 Å². The van der Waals surface area contributed by atoms with Crippen LogP contribution in [0.15, 0.2) is 36.9 Å². The molecule has 0 aliphatic carbocycles. The topological polar surface area (TPSA) is 74.6 Å². The fourth-order valence-electron chi connectivity index (χ4n) is 3.37. The molecule has 4 rings (SSSR count). The van der Waals surface area contributed by atoms with Gasteiger partial charge in [-0.2, -0.15) is 17.0 Å². The molecule has 8 nitrogen and oxygen atoms in total. The second-order valence-corrected chi connectivity index (χ2v) is 8.25. The first-order valence-electron chi connectivity index (χ1n) is 8.60. The maximum absolute atomic E-state index is 12.6. The number of hydrogen-bond donors (Lipinski definition) is 0. The van der Waals surface area contributed by atoms with Crippen LogP contribution in [0.3, 0.4) is 0 Å². The van der Waals surface area contributed by atoms with E-state index in [0.29, 0.717) is 39.3 Å². The number of aromatic nitrogens is 3. The quantitative estimate of drug-likeness (QED) is 0.802. The van der Waals surface area contributed by atoms with Crippen molar-refractivity contribution in [2.24, 2.45) is 0 Å². The fourth-order valence-corrected chi connectivity index (χ4v) is 5.04. The zero-order valence-electron chi connectivity index (χ0n) is 14.0. The van der Waals surface area contributed by atoms with Gasteiger partial charge in [-0.05, 0) is 25.0 Å². The van der Waals surface area contributed by atoms with Crippen LogP contribution in [-0.4, -0.2) is 70.8 Å². The lowest BCUT2D eigenvalue weighted by molar-refractivity contribution is 0.343. The fraction of sp³-hybridized carbons (Fsp3) is 0.500. The summed E-state index contributed by atoms with van der Waals surface area (Å²) in [5.41, 5.74) is 0. The molecule has 2 aromatic heterocycles. The largest absolute Gasteiger partial charge is 0.354 e. The maximum Gasteiger partial charge on any atom is 0.282 e. The highest BCUT2D eigenvalue weighted by Crippen LogP contribution is 2.21. The van der Waals surface area contributed by atoms with Gasteiger partial charge in [0.15, 0.2) is 0 Å². The molecule has 2 aliphatic heterocycles. The summed E-state index contributed by atoms with van der Waals surface area (Å²) >= 11 is 0. The summed E-state index contributed by atoms with van der Waals surface area (Å²) in [6.45, 7) is 3.54. The summed E-state index contributed by atoms with van der Waals surface area (Å²) in [5.74, 6) is 1.64. The second-order valence-electron chi connectivity index (χ2n) is 6.32. The minimum atomic E-state index is -3.31. The van der Waals surface area contributed by atoms with Crippen LogP contribution in [-0.2, 0) is 10.2 Å². The zero-order valence-corrected chi connectivity index (χ0v) is 14.8. The van der Waals surface area contributed by atoms with Gasteiger partial charge >= 0.3 is 0 Å². The molecule has 4 heterocycles. The van der Waals surface area contributed by atoms with E-state index in [0.717, 1.165) is 24.5 Å². The van der Waals surface area contributed by atoms with E-state index in [2.05, 4.69) is 14.9 Å². The highest BCUT2D eigenvalue weighted by atomic mass is 32.2. The molecule has 0 saturated carbocycles. The molecule has 2 saturated heterocycles. The lowest BCUT2D eigenvalue weighted by Crippen LogP contribution is -2.52. The highest BCUT2D eigenvalue weighted by molar-refractivity contribution is 7.86. The van der Waals surface area contributed by atoms with Crippen molar-refractivity contribution in [3.8, 4) is 5.82 Å². The molecule has 2 fully saturated rings. The third-order valence-corrected chi connectivity index (χ3v) is 6.82. The van der Waals surface area contributed by atoms with Crippen LogP contribution in [0.2, 0.25) is 0 Å².